The molecule has 1 atom stereocenters. The minimum Gasteiger partial charge on any atom is -0.352 e. The number of carbonyl (C=O) groups is 1. The Bertz CT molecular complexity index is 324. The first-order valence-electron chi connectivity index (χ1n) is 4.71. The molecule has 15 heavy (non-hydrogen) atoms. The van der Waals surface area contributed by atoms with Gasteiger partial charge < -0.3 is 5.32 Å². The summed E-state index contributed by atoms with van der Waals surface area (Å²) in [5.41, 5.74) is 0.943. The van der Waals surface area contributed by atoms with Crippen LogP contribution in [0.2, 0.25) is 5.02 Å². The van der Waals surface area contributed by atoms with E-state index in [0.717, 1.165) is 5.56 Å². The molecule has 4 heteroatoms. The average molecular weight is 246 g/mol. The van der Waals surface area contributed by atoms with E-state index in [0.29, 0.717) is 17.3 Å². The molecule has 1 unspecified atom stereocenters. The van der Waals surface area contributed by atoms with Crippen LogP contribution < -0.4 is 5.32 Å². The lowest BCUT2D eigenvalue weighted by atomic mass is 10.1. The molecule has 0 aliphatic carbocycles. The van der Waals surface area contributed by atoms with Crippen LogP contribution in [0, 0.1) is 0 Å². The standard InChI is InChI=1S/C11H13Cl2NO/c1-8(7-12)14-11(15)6-9-2-4-10(13)5-3-9/h2-5,8H,6-7H2,1H3,(H,14,15). The number of amides is 1. The largest absolute Gasteiger partial charge is 0.352 e. The maximum Gasteiger partial charge on any atom is 0.224 e. The Hall–Kier alpha value is -0.730. The fourth-order valence-electron chi connectivity index (χ4n) is 1.15. The number of rotatable bonds is 4. The number of hydrogen-bond donors (Lipinski definition) is 1. The second-order valence-electron chi connectivity index (χ2n) is 3.43. The summed E-state index contributed by atoms with van der Waals surface area (Å²) in [6.45, 7) is 1.87. The molecule has 0 spiro atoms. The zero-order valence-electron chi connectivity index (χ0n) is 8.47. The van der Waals surface area contributed by atoms with Crippen LogP contribution in [-0.2, 0) is 11.2 Å². The minimum absolute atomic E-state index is 0.00599. The molecule has 2 nitrogen and oxygen atoms in total. The molecular formula is C11H13Cl2NO. The number of halogens is 2. The number of benzene rings is 1. The van der Waals surface area contributed by atoms with Gasteiger partial charge in [-0.15, -0.1) is 11.6 Å². The van der Waals surface area contributed by atoms with Crippen LogP contribution in [0.4, 0.5) is 0 Å². The zero-order valence-corrected chi connectivity index (χ0v) is 9.98. The monoisotopic (exact) mass is 245 g/mol. The lowest BCUT2D eigenvalue weighted by Gasteiger charge is -2.10. The van der Waals surface area contributed by atoms with Crippen LogP contribution in [0.15, 0.2) is 24.3 Å². The molecule has 0 aromatic heterocycles. The van der Waals surface area contributed by atoms with Gasteiger partial charge in [-0.3, -0.25) is 4.79 Å². The molecular weight excluding hydrogens is 233 g/mol. The number of alkyl halides is 1. The summed E-state index contributed by atoms with van der Waals surface area (Å²) in [5.74, 6) is 0.400. The van der Waals surface area contributed by atoms with Crippen molar-refractivity contribution in [2.45, 2.75) is 19.4 Å². The van der Waals surface area contributed by atoms with Gasteiger partial charge in [0, 0.05) is 16.9 Å². The van der Waals surface area contributed by atoms with Crippen LogP contribution >= 0.6 is 23.2 Å². The number of nitrogens with one attached hydrogen (secondary N) is 1. The first-order chi connectivity index (χ1) is 7.11. The highest BCUT2D eigenvalue weighted by Crippen LogP contribution is 2.09. The Morgan fingerprint density at radius 3 is 2.53 bits per heavy atom. The Morgan fingerprint density at radius 1 is 1.40 bits per heavy atom. The predicted molar refractivity (Wildman–Crippen MR) is 63.5 cm³/mol. The third-order valence-corrected chi connectivity index (χ3v) is 2.63. The normalized spacial score (nSPS) is 12.2. The van der Waals surface area contributed by atoms with Crippen molar-refractivity contribution in [2.75, 3.05) is 5.88 Å². The molecule has 1 rings (SSSR count). The smallest absolute Gasteiger partial charge is 0.224 e. The molecule has 1 aromatic carbocycles. The number of hydrogen-bond acceptors (Lipinski definition) is 1. The van der Waals surface area contributed by atoms with Crippen molar-refractivity contribution in [2.24, 2.45) is 0 Å². The van der Waals surface area contributed by atoms with E-state index in [1.165, 1.54) is 0 Å². The van der Waals surface area contributed by atoms with E-state index in [-0.39, 0.29) is 11.9 Å². The van der Waals surface area contributed by atoms with Crippen LogP contribution in [0.1, 0.15) is 12.5 Å². The fraction of sp³-hybridized carbons (Fsp3) is 0.364. The van der Waals surface area contributed by atoms with Gasteiger partial charge in [-0.05, 0) is 24.6 Å². The summed E-state index contributed by atoms with van der Waals surface area (Å²) >= 11 is 11.3. The van der Waals surface area contributed by atoms with E-state index in [4.69, 9.17) is 23.2 Å². The van der Waals surface area contributed by atoms with Crippen LogP contribution in [0.5, 0.6) is 0 Å². The first kappa shape index (κ1) is 12.3. The van der Waals surface area contributed by atoms with Gasteiger partial charge in [0.05, 0.1) is 6.42 Å². The fourth-order valence-corrected chi connectivity index (χ4v) is 1.36. The molecule has 0 radical (unpaired) electrons. The second kappa shape index (κ2) is 5.99. The summed E-state index contributed by atoms with van der Waals surface area (Å²) < 4.78 is 0. The SMILES string of the molecule is CC(CCl)NC(=O)Cc1ccc(Cl)cc1. The van der Waals surface area contributed by atoms with Crippen molar-refractivity contribution in [3.63, 3.8) is 0 Å². The molecule has 0 bridgehead atoms. The van der Waals surface area contributed by atoms with E-state index in [1.54, 1.807) is 12.1 Å². The van der Waals surface area contributed by atoms with E-state index in [1.807, 2.05) is 19.1 Å². The topological polar surface area (TPSA) is 29.1 Å². The lowest BCUT2D eigenvalue weighted by molar-refractivity contribution is -0.120. The van der Waals surface area contributed by atoms with E-state index in [2.05, 4.69) is 5.32 Å². The number of carbonyl (C=O) groups excluding carboxylic acids is 1. The van der Waals surface area contributed by atoms with Crippen molar-refractivity contribution in [1.82, 2.24) is 5.32 Å². The molecule has 0 aliphatic heterocycles. The van der Waals surface area contributed by atoms with Crippen molar-refractivity contribution in [1.29, 1.82) is 0 Å². The zero-order chi connectivity index (χ0) is 11.3. The van der Waals surface area contributed by atoms with E-state index < -0.39 is 0 Å². The quantitative estimate of drug-likeness (QED) is 0.813. The average Bonchev–Trinajstić information content (AvgIpc) is 2.21. The Morgan fingerprint density at radius 2 is 2.00 bits per heavy atom. The van der Waals surface area contributed by atoms with Crippen molar-refractivity contribution in [3.8, 4) is 0 Å². The molecule has 1 aromatic rings. The van der Waals surface area contributed by atoms with Crippen molar-refractivity contribution in [3.05, 3.63) is 34.9 Å². The van der Waals surface area contributed by atoms with Crippen molar-refractivity contribution < 1.29 is 4.79 Å². The molecule has 1 amide bonds. The molecule has 0 fully saturated rings. The van der Waals surface area contributed by atoms with Crippen LogP contribution in [0.25, 0.3) is 0 Å². The lowest BCUT2D eigenvalue weighted by Crippen LogP contribution is -2.34. The molecule has 0 saturated heterocycles. The van der Waals surface area contributed by atoms with Crippen LogP contribution in [-0.4, -0.2) is 17.8 Å². The maximum absolute atomic E-state index is 11.5. The summed E-state index contributed by atoms with van der Waals surface area (Å²) in [7, 11) is 0. The molecule has 0 saturated carbocycles. The third kappa shape index (κ3) is 4.54. The first-order valence-corrected chi connectivity index (χ1v) is 5.63. The summed E-state index contributed by atoms with van der Waals surface area (Å²) in [5, 5.41) is 3.46. The van der Waals surface area contributed by atoms with Gasteiger partial charge in [0.15, 0.2) is 0 Å². The third-order valence-electron chi connectivity index (χ3n) is 1.92. The highest BCUT2D eigenvalue weighted by molar-refractivity contribution is 6.30. The van der Waals surface area contributed by atoms with Gasteiger partial charge in [-0.2, -0.15) is 0 Å². The Labute approximate surface area is 99.6 Å². The Balaban J connectivity index is 2.48. The summed E-state index contributed by atoms with van der Waals surface area (Å²) in [6.07, 6.45) is 0.360. The molecule has 1 N–H and O–H groups in total. The molecule has 0 heterocycles. The second-order valence-corrected chi connectivity index (χ2v) is 4.17. The predicted octanol–water partition coefficient (Wildman–Crippen LogP) is 2.63. The van der Waals surface area contributed by atoms with Gasteiger partial charge in [0.25, 0.3) is 0 Å². The highest BCUT2D eigenvalue weighted by Gasteiger charge is 2.06. The van der Waals surface area contributed by atoms with Gasteiger partial charge in [0.1, 0.15) is 0 Å². The van der Waals surface area contributed by atoms with Crippen molar-refractivity contribution >= 4 is 29.1 Å². The Kier molecular flexibility index (Phi) is 4.92. The van der Waals surface area contributed by atoms with Gasteiger partial charge >= 0.3 is 0 Å². The van der Waals surface area contributed by atoms with Gasteiger partial charge in [-0.25, -0.2) is 0 Å². The minimum atomic E-state index is -0.0227. The summed E-state index contributed by atoms with van der Waals surface area (Å²) in [4.78, 5) is 11.5. The maximum atomic E-state index is 11.5. The van der Waals surface area contributed by atoms with Gasteiger partial charge in [-0.1, -0.05) is 23.7 Å². The summed E-state index contributed by atoms with van der Waals surface area (Å²) in [6, 6.07) is 7.23. The highest BCUT2D eigenvalue weighted by atomic mass is 35.5. The van der Waals surface area contributed by atoms with E-state index >= 15 is 0 Å². The molecule has 82 valence electrons. The van der Waals surface area contributed by atoms with E-state index in [9.17, 15) is 4.79 Å². The molecule has 0 aliphatic rings. The van der Waals surface area contributed by atoms with Gasteiger partial charge in [0.2, 0.25) is 5.91 Å². The van der Waals surface area contributed by atoms with Crippen LogP contribution in [0.3, 0.4) is 0 Å².